The maximum absolute atomic E-state index is 13.5. The first-order valence-corrected chi connectivity index (χ1v) is 23.4. The van der Waals surface area contributed by atoms with Crippen LogP contribution >= 0.6 is 8.53 Å². The minimum absolute atomic E-state index is 0.00930. The van der Waals surface area contributed by atoms with Crippen LogP contribution in [-0.2, 0) is 28.9 Å². The largest absolute Gasteiger partial charge is 0.497 e. The van der Waals surface area contributed by atoms with Gasteiger partial charge < -0.3 is 33.3 Å². The van der Waals surface area contributed by atoms with Crippen molar-refractivity contribution in [1.82, 2.24) is 9.99 Å². The van der Waals surface area contributed by atoms with Gasteiger partial charge in [0, 0.05) is 31.5 Å². The molecule has 3 aromatic carbocycles. The first-order valence-electron chi connectivity index (χ1n) is 22.3. The number of nitrogens with zero attached hydrogens (tertiary/aromatic N) is 2. The maximum Gasteiger partial charge on any atom is 0.471 e. The van der Waals surface area contributed by atoms with E-state index in [0.29, 0.717) is 28.2 Å². The van der Waals surface area contributed by atoms with Crippen LogP contribution in [0.2, 0.25) is 0 Å². The smallest absolute Gasteiger partial charge is 0.471 e. The molecule has 1 N–H and O–H groups in total. The van der Waals surface area contributed by atoms with Gasteiger partial charge >= 0.3 is 24.4 Å². The highest BCUT2D eigenvalue weighted by atomic mass is 31.2. The quantitative estimate of drug-likeness (QED) is 0.0302. The lowest BCUT2D eigenvalue weighted by Crippen LogP contribution is -2.40. The van der Waals surface area contributed by atoms with E-state index in [9.17, 15) is 49.6 Å². The molecule has 2 atom stereocenters. The second-order valence-corrected chi connectivity index (χ2v) is 18.3. The predicted molar refractivity (Wildman–Crippen MR) is 240 cm³/mol. The van der Waals surface area contributed by atoms with Gasteiger partial charge in [-0.1, -0.05) is 54.6 Å². The van der Waals surface area contributed by atoms with Crippen molar-refractivity contribution in [1.29, 1.82) is 5.26 Å². The number of nitrogens with one attached hydrogen (secondary N) is 1. The fraction of sp³-hybridized carbons (Fsp3) is 0.583. The number of methoxy groups -OCH3 is 2. The highest BCUT2D eigenvalue weighted by Gasteiger charge is 2.42. The number of alkyl halides is 9. The van der Waals surface area contributed by atoms with Gasteiger partial charge in [-0.3, -0.25) is 4.79 Å². The fourth-order valence-corrected chi connectivity index (χ4v) is 9.60. The summed E-state index contributed by atoms with van der Waals surface area (Å²) in [4.78, 5) is 11.6. The van der Waals surface area contributed by atoms with Crippen LogP contribution in [0.5, 0.6) is 11.5 Å². The van der Waals surface area contributed by atoms with Gasteiger partial charge in [0.2, 0.25) is 0 Å². The van der Waals surface area contributed by atoms with Crippen molar-refractivity contribution in [3.63, 3.8) is 0 Å². The van der Waals surface area contributed by atoms with Crippen LogP contribution in [0.15, 0.2) is 78.9 Å². The summed E-state index contributed by atoms with van der Waals surface area (Å²) >= 11 is 0. The van der Waals surface area contributed by atoms with Crippen LogP contribution in [-0.4, -0.2) is 94.5 Å². The molecule has 0 aromatic heterocycles. The van der Waals surface area contributed by atoms with Crippen LogP contribution < -0.4 is 14.8 Å². The molecule has 3 aromatic rings. The monoisotopic (exact) mass is 995 g/mol. The second-order valence-electron chi connectivity index (χ2n) is 16.9. The molecule has 0 heterocycles. The maximum atomic E-state index is 13.5. The van der Waals surface area contributed by atoms with Gasteiger partial charge in [0.05, 0.1) is 53.1 Å². The molecule has 380 valence electrons. The molecule has 0 bridgehead atoms. The fourth-order valence-electron chi connectivity index (χ4n) is 7.91. The summed E-state index contributed by atoms with van der Waals surface area (Å²) in [7, 11) is 1.07. The van der Waals surface area contributed by atoms with E-state index in [1.165, 1.54) is 14.2 Å². The normalized spacial score (nSPS) is 13.7. The number of nitriles is 1. The molecule has 0 spiro atoms. The van der Waals surface area contributed by atoms with E-state index in [0.717, 1.165) is 0 Å². The molecule has 0 saturated carbocycles. The van der Waals surface area contributed by atoms with Crippen molar-refractivity contribution >= 4 is 14.4 Å². The van der Waals surface area contributed by atoms with Crippen LogP contribution in [0, 0.1) is 16.7 Å². The second kappa shape index (κ2) is 27.3. The Labute approximate surface area is 394 Å². The third-order valence-electron chi connectivity index (χ3n) is 11.0. The van der Waals surface area contributed by atoms with E-state index in [2.05, 4.69) is 6.07 Å². The summed E-state index contributed by atoms with van der Waals surface area (Å²) in [5.41, 5.74) is -0.750. The van der Waals surface area contributed by atoms with Crippen molar-refractivity contribution in [3.8, 4) is 17.6 Å². The molecular formula is C48H63F9N3O7P. The summed E-state index contributed by atoms with van der Waals surface area (Å²) in [5, 5.41) is 11.1. The first kappa shape index (κ1) is 58.1. The first-order chi connectivity index (χ1) is 32.0. The van der Waals surface area contributed by atoms with E-state index < -0.39 is 88.9 Å². The zero-order valence-electron chi connectivity index (χ0n) is 39.2. The summed E-state index contributed by atoms with van der Waals surface area (Å²) in [6.45, 7) is 6.14. The number of hydrogen-bond donors (Lipinski definition) is 1. The minimum atomic E-state index is -5.20. The molecule has 3 rings (SSSR count). The average molecular weight is 996 g/mol. The zero-order chi connectivity index (χ0) is 50.6. The molecular weight excluding hydrogens is 932 g/mol. The van der Waals surface area contributed by atoms with Crippen molar-refractivity contribution in [2.24, 2.45) is 5.41 Å². The van der Waals surface area contributed by atoms with Crippen LogP contribution in [0.1, 0.15) is 102 Å². The molecule has 1 amide bonds. The van der Waals surface area contributed by atoms with E-state index in [4.69, 9.17) is 28.0 Å². The van der Waals surface area contributed by atoms with Gasteiger partial charge in [-0.25, -0.2) is 4.67 Å². The van der Waals surface area contributed by atoms with E-state index >= 15 is 0 Å². The van der Waals surface area contributed by atoms with E-state index in [1.807, 2.05) is 87.0 Å². The standard InChI is InChI=1S/C48H63F9N3O7P/c1-35(2)60(36(3)4)68(66-31-13-29-58)67-42(32-64-34-44(24-10-27-45(49,50)51,25-11-28-46(52,53)54)26-12-30-59-43(61)48(55,56)57)33-65-47(37-14-8-7-9-15-37,38-16-20-40(62-5)21-17-38)39-18-22-41(63-6)23-19-39/h7-9,14-23,35-36,42H,10-13,24-28,30-34H2,1-6H3,(H,59,61). The molecule has 68 heavy (non-hydrogen) atoms. The van der Waals surface area contributed by atoms with Crippen LogP contribution in [0.3, 0.4) is 0 Å². The molecule has 0 saturated heterocycles. The average Bonchev–Trinajstić information content (AvgIpc) is 3.27. The van der Waals surface area contributed by atoms with Crippen molar-refractivity contribution in [2.75, 3.05) is 47.2 Å². The number of hydrogen-bond acceptors (Lipinski definition) is 9. The SMILES string of the molecule is COc1ccc(C(OCC(COCC(CCCNC(=O)C(F)(F)F)(CCCC(F)(F)F)CCCC(F)(F)F)OP(OCCC#N)N(C(C)C)C(C)C)(c2ccccc2)c2ccc(OC)cc2)cc1. The molecule has 0 aliphatic heterocycles. The zero-order valence-corrected chi connectivity index (χ0v) is 40.1. The predicted octanol–water partition coefficient (Wildman–Crippen LogP) is 12.6. The molecule has 20 heteroatoms. The Morgan fingerprint density at radius 2 is 1.18 bits per heavy atom. The Hall–Kier alpha value is -4.18. The van der Waals surface area contributed by atoms with Crippen molar-refractivity contribution in [2.45, 2.75) is 128 Å². The highest BCUT2D eigenvalue weighted by molar-refractivity contribution is 7.44. The van der Waals surface area contributed by atoms with Gasteiger partial charge in [0.1, 0.15) is 23.2 Å². The third kappa shape index (κ3) is 19.0. The number of carbonyl (C=O) groups is 1. The van der Waals surface area contributed by atoms with Gasteiger partial charge in [0.15, 0.2) is 0 Å². The van der Waals surface area contributed by atoms with Gasteiger partial charge in [-0.05, 0) is 113 Å². The van der Waals surface area contributed by atoms with Gasteiger partial charge in [-0.2, -0.15) is 44.8 Å². The topological polar surface area (TPSA) is 112 Å². The lowest BCUT2D eigenvalue weighted by molar-refractivity contribution is -0.173. The Balaban J connectivity index is 2.18. The summed E-state index contributed by atoms with van der Waals surface area (Å²) in [6, 6.07) is 25.5. The van der Waals surface area contributed by atoms with E-state index in [-0.39, 0.29) is 64.0 Å². The Bertz CT molecular complexity index is 1870. The number of rotatable bonds is 30. The lowest BCUT2D eigenvalue weighted by atomic mass is 9.75. The molecule has 0 aliphatic carbocycles. The number of carbonyl (C=O) groups excluding carboxylic acids is 1. The Morgan fingerprint density at radius 3 is 1.62 bits per heavy atom. The van der Waals surface area contributed by atoms with Gasteiger partial charge in [-0.15, -0.1) is 0 Å². The highest BCUT2D eigenvalue weighted by Crippen LogP contribution is 2.49. The van der Waals surface area contributed by atoms with Crippen molar-refractivity contribution < 1.29 is 72.3 Å². The Kier molecular flexibility index (Phi) is 23.3. The molecule has 2 unspecified atom stereocenters. The summed E-state index contributed by atoms with van der Waals surface area (Å²) < 4.78 is 160. The number of amides is 1. The molecule has 0 radical (unpaired) electrons. The summed E-state index contributed by atoms with van der Waals surface area (Å²) in [5.74, 6) is -1.09. The summed E-state index contributed by atoms with van der Waals surface area (Å²) in [6.07, 6.45) is -19.9. The molecule has 0 fully saturated rings. The molecule has 0 aliphatic rings. The number of halogens is 9. The van der Waals surface area contributed by atoms with Crippen LogP contribution in [0.4, 0.5) is 39.5 Å². The van der Waals surface area contributed by atoms with Gasteiger partial charge in [0.25, 0.3) is 8.53 Å². The Morgan fingerprint density at radius 1 is 0.691 bits per heavy atom. The third-order valence-corrected chi connectivity index (χ3v) is 13.2. The number of benzene rings is 3. The molecule has 10 nitrogen and oxygen atoms in total. The van der Waals surface area contributed by atoms with E-state index in [1.54, 1.807) is 29.6 Å². The lowest BCUT2D eigenvalue weighted by Gasteiger charge is -2.40. The number of ether oxygens (including phenoxy) is 4. The minimum Gasteiger partial charge on any atom is -0.497 e. The van der Waals surface area contributed by atoms with Crippen LogP contribution in [0.25, 0.3) is 0 Å². The van der Waals surface area contributed by atoms with Crippen molar-refractivity contribution in [3.05, 3.63) is 95.6 Å².